The van der Waals surface area contributed by atoms with Gasteiger partial charge in [-0.15, -0.1) is 24.8 Å². The van der Waals surface area contributed by atoms with Crippen molar-refractivity contribution in [3.63, 3.8) is 0 Å². The van der Waals surface area contributed by atoms with Crippen molar-refractivity contribution in [3.8, 4) is 0 Å². The van der Waals surface area contributed by atoms with Crippen LogP contribution in [0.1, 0.15) is 32.6 Å². The van der Waals surface area contributed by atoms with Crippen molar-refractivity contribution < 1.29 is 4.79 Å². The standard InChI is InChI=1S/C13H25N3O.2ClH/c1-2-16-8-4-3-5-12(16)10-15-13(17)11-6-7-14-9-11;;/h11-12,14H,2-10H2,1H3,(H,15,17);2*1H. The van der Waals surface area contributed by atoms with Crippen LogP contribution in [0.4, 0.5) is 0 Å². The minimum absolute atomic E-state index is 0. The SMILES string of the molecule is CCN1CCCCC1CNC(=O)C1CCNC1.Cl.Cl. The topological polar surface area (TPSA) is 44.4 Å². The average molecular weight is 312 g/mol. The summed E-state index contributed by atoms with van der Waals surface area (Å²) in [7, 11) is 0. The molecule has 19 heavy (non-hydrogen) atoms. The maximum absolute atomic E-state index is 11.9. The van der Waals surface area contributed by atoms with Crippen LogP contribution in [0.25, 0.3) is 0 Å². The molecular formula is C13H27Cl2N3O. The number of carbonyl (C=O) groups excluding carboxylic acids is 1. The number of hydrogen-bond donors (Lipinski definition) is 2. The minimum atomic E-state index is 0. The molecule has 0 aromatic rings. The summed E-state index contributed by atoms with van der Waals surface area (Å²) >= 11 is 0. The van der Waals surface area contributed by atoms with E-state index in [1.165, 1.54) is 25.8 Å². The van der Waals surface area contributed by atoms with Crippen molar-refractivity contribution in [2.45, 2.75) is 38.6 Å². The third-order valence-corrected chi connectivity index (χ3v) is 4.10. The summed E-state index contributed by atoms with van der Waals surface area (Å²) in [6.45, 7) is 7.19. The van der Waals surface area contributed by atoms with Gasteiger partial charge in [-0.1, -0.05) is 13.3 Å². The second-order valence-corrected chi connectivity index (χ2v) is 5.21. The molecule has 0 radical (unpaired) electrons. The first kappa shape index (κ1) is 19.0. The summed E-state index contributed by atoms with van der Waals surface area (Å²) in [5.74, 6) is 0.449. The lowest BCUT2D eigenvalue weighted by molar-refractivity contribution is -0.124. The molecule has 0 aromatic heterocycles. The molecule has 2 aliphatic heterocycles. The summed E-state index contributed by atoms with van der Waals surface area (Å²) in [6, 6.07) is 0.562. The van der Waals surface area contributed by atoms with E-state index in [4.69, 9.17) is 0 Å². The van der Waals surface area contributed by atoms with Gasteiger partial charge in [0.25, 0.3) is 0 Å². The molecular weight excluding hydrogens is 285 g/mol. The number of likely N-dealkylation sites (N-methyl/N-ethyl adjacent to an activating group) is 1. The number of nitrogens with zero attached hydrogens (tertiary/aromatic N) is 1. The van der Waals surface area contributed by atoms with Crippen LogP contribution in [0, 0.1) is 5.92 Å². The Hall–Kier alpha value is -0.0300. The van der Waals surface area contributed by atoms with Gasteiger partial charge in [0, 0.05) is 19.1 Å². The summed E-state index contributed by atoms with van der Waals surface area (Å²) in [5, 5.41) is 6.38. The molecule has 0 bridgehead atoms. The average Bonchev–Trinajstić information content (AvgIpc) is 2.90. The Morgan fingerprint density at radius 2 is 2.11 bits per heavy atom. The molecule has 2 saturated heterocycles. The van der Waals surface area contributed by atoms with E-state index in [0.717, 1.165) is 32.6 Å². The number of nitrogens with one attached hydrogen (secondary N) is 2. The highest BCUT2D eigenvalue weighted by Gasteiger charge is 2.25. The first-order valence-electron chi connectivity index (χ1n) is 7.03. The van der Waals surface area contributed by atoms with Gasteiger partial charge >= 0.3 is 0 Å². The number of halogens is 2. The van der Waals surface area contributed by atoms with Gasteiger partial charge in [-0.3, -0.25) is 9.69 Å². The quantitative estimate of drug-likeness (QED) is 0.825. The summed E-state index contributed by atoms with van der Waals surface area (Å²) in [4.78, 5) is 14.4. The Morgan fingerprint density at radius 3 is 2.74 bits per heavy atom. The minimum Gasteiger partial charge on any atom is -0.354 e. The van der Waals surface area contributed by atoms with Crippen LogP contribution >= 0.6 is 24.8 Å². The van der Waals surface area contributed by atoms with Crippen LogP contribution in [-0.4, -0.2) is 49.6 Å². The lowest BCUT2D eigenvalue weighted by Gasteiger charge is -2.35. The number of hydrogen-bond acceptors (Lipinski definition) is 3. The van der Waals surface area contributed by atoms with E-state index in [2.05, 4.69) is 22.5 Å². The van der Waals surface area contributed by atoms with Gasteiger partial charge in [-0.05, 0) is 38.9 Å². The molecule has 2 heterocycles. The molecule has 0 aromatic carbocycles. The van der Waals surface area contributed by atoms with Crippen molar-refractivity contribution in [1.29, 1.82) is 0 Å². The highest BCUT2D eigenvalue weighted by atomic mass is 35.5. The maximum Gasteiger partial charge on any atom is 0.224 e. The molecule has 114 valence electrons. The fourth-order valence-electron chi connectivity index (χ4n) is 2.95. The van der Waals surface area contributed by atoms with E-state index in [1.807, 2.05) is 0 Å². The monoisotopic (exact) mass is 311 g/mol. The number of piperidine rings is 1. The molecule has 6 heteroatoms. The lowest BCUT2D eigenvalue weighted by Crippen LogP contribution is -2.47. The first-order valence-corrected chi connectivity index (χ1v) is 7.03. The largest absolute Gasteiger partial charge is 0.354 e. The molecule has 1 amide bonds. The Morgan fingerprint density at radius 1 is 1.32 bits per heavy atom. The van der Waals surface area contributed by atoms with Crippen molar-refractivity contribution in [3.05, 3.63) is 0 Å². The highest BCUT2D eigenvalue weighted by molar-refractivity contribution is 5.85. The van der Waals surface area contributed by atoms with E-state index in [9.17, 15) is 4.79 Å². The molecule has 0 aliphatic carbocycles. The van der Waals surface area contributed by atoms with Gasteiger partial charge in [0.2, 0.25) is 5.91 Å². The summed E-state index contributed by atoms with van der Waals surface area (Å²) in [5.41, 5.74) is 0. The smallest absolute Gasteiger partial charge is 0.224 e. The summed E-state index contributed by atoms with van der Waals surface area (Å²) in [6.07, 6.45) is 4.85. The van der Waals surface area contributed by atoms with Gasteiger partial charge in [-0.25, -0.2) is 0 Å². The first-order chi connectivity index (χ1) is 8.31. The fourth-order valence-corrected chi connectivity index (χ4v) is 2.95. The zero-order valence-electron chi connectivity index (χ0n) is 11.7. The van der Waals surface area contributed by atoms with Gasteiger partial charge in [0.05, 0.1) is 5.92 Å². The Labute approximate surface area is 128 Å². The molecule has 2 aliphatic rings. The fraction of sp³-hybridized carbons (Fsp3) is 0.923. The van der Waals surface area contributed by atoms with Crippen LogP contribution in [0.3, 0.4) is 0 Å². The van der Waals surface area contributed by atoms with Crippen LogP contribution in [0.5, 0.6) is 0 Å². The van der Waals surface area contributed by atoms with Crippen molar-refractivity contribution in [1.82, 2.24) is 15.5 Å². The molecule has 2 unspecified atom stereocenters. The number of rotatable bonds is 4. The molecule has 2 rings (SSSR count). The van der Waals surface area contributed by atoms with E-state index in [-0.39, 0.29) is 36.6 Å². The van der Waals surface area contributed by atoms with E-state index >= 15 is 0 Å². The number of carbonyl (C=O) groups is 1. The van der Waals surface area contributed by atoms with Crippen LogP contribution in [0.15, 0.2) is 0 Å². The zero-order chi connectivity index (χ0) is 12.1. The van der Waals surface area contributed by atoms with Crippen molar-refractivity contribution in [2.24, 2.45) is 5.92 Å². The molecule has 2 N–H and O–H groups in total. The maximum atomic E-state index is 11.9. The third kappa shape index (κ3) is 5.46. The van der Waals surface area contributed by atoms with Crippen LogP contribution in [-0.2, 0) is 4.79 Å². The van der Waals surface area contributed by atoms with E-state index < -0.39 is 0 Å². The highest BCUT2D eigenvalue weighted by Crippen LogP contribution is 2.16. The Kier molecular flexibility index (Phi) is 9.79. The molecule has 0 spiro atoms. The lowest BCUT2D eigenvalue weighted by atomic mass is 10.0. The Balaban J connectivity index is 0.00000162. The normalized spacial score (nSPS) is 27.2. The molecule has 2 atom stereocenters. The predicted octanol–water partition coefficient (Wildman–Crippen LogP) is 1.43. The third-order valence-electron chi connectivity index (χ3n) is 4.10. The number of likely N-dealkylation sites (tertiary alicyclic amines) is 1. The van der Waals surface area contributed by atoms with Gasteiger partial charge in [0.15, 0.2) is 0 Å². The molecule has 0 saturated carbocycles. The second-order valence-electron chi connectivity index (χ2n) is 5.21. The molecule has 4 nitrogen and oxygen atoms in total. The van der Waals surface area contributed by atoms with Crippen LogP contribution in [0.2, 0.25) is 0 Å². The second kappa shape index (κ2) is 9.81. The number of amides is 1. The molecule has 2 fully saturated rings. The van der Waals surface area contributed by atoms with Crippen molar-refractivity contribution >= 4 is 30.7 Å². The Bertz CT molecular complexity index is 260. The summed E-state index contributed by atoms with van der Waals surface area (Å²) < 4.78 is 0. The van der Waals surface area contributed by atoms with Gasteiger partial charge in [-0.2, -0.15) is 0 Å². The van der Waals surface area contributed by atoms with Gasteiger partial charge in [0.1, 0.15) is 0 Å². The van der Waals surface area contributed by atoms with E-state index in [0.29, 0.717) is 6.04 Å². The van der Waals surface area contributed by atoms with Gasteiger partial charge < -0.3 is 10.6 Å². The zero-order valence-corrected chi connectivity index (χ0v) is 13.3. The predicted molar refractivity (Wildman–Crippen MR) is 83.4 cm³/mol. The van der Waals surface area contributed by atoms with Crippen molar-refractivity contribution in [2.75, 3.05) is 32.7 Å². The van der Waals surface area contributed by atoms with Crippen LogP contribution < -0.4 is 10.6 Å². The van der Waals surface area contributed by atoms with E-state index in [1.54, 1.807) is 0 Å².